The maximum atomic E-state index is 6.24. The number of hydrogen-bond acceptors (Lipinski definition) is 6. The largest absolute Gasteiger partial charge is 0.313 e. The minimum Gasteiger partial charge on any atom is -0.313 e. The summed E-state index contributed by atoms with van der Waals surface area (Å²) in [6.45, 7) is 4.55. The van der Waals surface area contributed by atoms with E-state index in [-0.39, 0.29) is 6.04 Å². The van der Waals surface area contributed by atoms with E-state index in [2.05, 4.69) is 25.7 Å². The Labute approximate surface area is 175 Å². The standard InChI is InChI=1S/C18H17Cl2N7S/c1-11-6-8-21-27(11)12(2)17-23-24-18(28-17)22-16-7-9-26(25-16)10-13-14(19)4-3-5-15(13)20/h3-9,12H,10H2,1-2H3,(H,22,24,25). The summed E-state index contributed by atoms with van der Waals surface area (Å²) in [5.41, 5.74) is 1.91. The molecular formula is C18H17Cl2N7S. The molecule has 0 spiro atoms. The number of nitrogens with one attached hydrogen (secondary N) is 1. The zero-order chi connectivity index (χ0) is 19.7. The highest BCUT2D eigenvalue weighted by molar-refractivity contribution is 7.15. The van der Waals surface area contributed by atoms with E-state index < -0.39 is 0 Å². The molecule has 7 nitrogen and oxygen atoms in total. The molecule has 0 radical (unpaired) electrons. The molecule has 1 atom stereocenters. The van der Waals surface area contributed by atoms with Gasteiger partial charge in [0.2, 0.25) is 5.13 Å². The van der Waals surface area contributed by atoms with Gasteiger partial charge >= 0.3 is 0 Å². The predicted molar refractivity (Wildman–Crippen MR) is 112 cm³/mol. The molecule has 3 aromatic heterocycles. The second-order valence-corrected chi connectivity index (χ2v) is 8.09. The number of aromatic nitrogens is 6. The van der Waals surface area contributed by atoms with Gasteiger partial charge in [-0.3, -0.25) is 9.36 Å². The van der Waals surface area contributed by atoms with Crippen LogP contribution in [-0.4, -0.2) is 29.8 Å². The van der Waals surface area contributed by atoms with Crippen LogP contribution in [0.2, 0.25) is 10.0 Å². The molecule has 10 heteroatoms. The van der Waals surface area contributed by atoms with Crippen molar-refractivity contribution in [3.05, 3.63) is 69.0 Å². The van der Waals surface area contributed by atoms with Gasteiger partial charge in [-0.15, -0.1) is 10.2 Å². The molecular weight excluding hydrogens is 417 g/mol. The molecule has 0 aliphatic heterocycles. The number of hydrogen-bond donors (Lipinski definition) is 1. The van der Waals surface area contributed by atoms with Gasteiger partial charge < -0.3 is 5.32 Å². The first-order chi connectivity index (χ1) is 13.5. The number of benzene rings is 1. The van der Waals surface area contributed by atoms with Gasteiger partial charge in [0.25, 0.3) is 0 Å². The van der Waals surface area contributed by atoms with Crippen molar-refractivity contribution in [3.63, 3.8) is 0 Å². The van der Waals surface area contributed by atoms with Gasteiger partial charge in [0.15, 0.2) is 5.82 Å². The SMILES string of the molecule is Cc1ccnn1C(C)c1nnc(Nc2ccn(Cc3c(Cl)cccc3Cl)n2)s1. The summed E-state index contributed by atoms with van der Waals surface area (Å²) in [4.78, 5) is 0. The van der Waals surface area contributed by atoms with Gasteiger partial charge in [-0.1, -0.05) is 40.6 Å². The van der Waals surface area contributed by atoms with Gasteiger partial charge in [0.1, 0.15) is 11.0 Å². The van der Waals surface area contributed by atoms with E-state index >= 15 is 0 Å². The van der Waals surface area contributed by atoms with E-state index in [1.54, 1.807) is 10.9 Å². The van der Waals surface area contributed by atoms with Gasteiger partial charge in [-0.25, -0.2) is 0 Å². The van der Waals surface area contributed by atoms with Crippen LogP contribution in [0.25, 0.3) is 0 Å². The smallest absolute Gasteiger partial charge is 0.211 e. The Hall–Kier alpha value is -2.42. The zero-order valence-electron chi connectivity index (χ0n) is 15.2. The molecule has 0 saturated heterocycles. The van der Waals surface area contributed by atoms with Crippen LogP contribution in [0.3, 0.4) is 0 Å². The van der Waals surface area contributed by atoms with Gasteiger partial charge in [0, 0.05) is 39.8 Å². The number of rotatable bonds is 6. The lowest BCUT2D eigenvalue weighted by Gasteiger charge is -2.10. The Morgan fingerprint density at radius 2 is 1.93 bits per heavy atom. The third-order valence-corrected chi connectivity index (χ3v) is 6.01. The average Bonchev–Trinajstić information content (AvgIpc) is 3.40. The summed E-state index contributed by atoms with van der Waals surface area (Å²) in [5.74, 6) is 0.675. The molecule has 0 saturated carbocycles. The van der Waals surface area contributed by atoms with Gasteiger partial charge in [0.05, 0.1) is 6.54 Å². The normalized spacial score (nSPS) is 12.3. The maximum Gasteiger partial charge on any atom is 0.211 e. The zero-order valence-corrected chi connectivity index (χ0v) is 17.5. The molecule has 1 aromatic carbocycles. The molecule has 0 bridgehead atoms. The quantitative estimate of drug-likeness (QED) is 0.465. The molecule has 0 amide bonds. The highest BCUT2D eigenvalue weighted by Crippen LogP contribution is 2.28. The van der Waals surface area contributed by atoms with E-state index in [1.165, 1.54) is 11.3 Å². The van der Waals surface area contributed by atoms with Crippen molar-refractivity contribution in [2.45, 2.75) is 26.4 Å². The molecule has 0 aliphatic carbocycles. The van der Waals surface area contributed by atoms with Crippen molar-refractivity contribution < 1.29 is 0 Å². The fourth-order valence-electron chi connectivity index (χ4n) is 2.82. The third kappa shape index (κ3) is 3.89. The van der Waals surface area contributed by atoms with Crippen molar-refractivity contribution in [2.24, 2.45) is 0 Å². The van der Waals surface area contributed by atoms with E-state index in [4.69, 9.17) is 23.2 Å². The van der Waals surface area contributed by atoms with Crippen molar-refractivity contribution in [1.29, 1.82) is 0 Å². The fourth-order valence-corrected chi connectivity index (χ4v) is 4.12. The lowest BCUT2D eigenvalue weighted by Crippen LogP contribution is -2.09. The van der Waals surface area contributed by atoms with Crippen LogP contribution < -0.4 is 5.32 Å². The van der Waals surface area contributed by atoms with Gasteiger partial charge in [-0.2, -0.15) is 10.2 Å². The van der Waals surface area contributed by atoms with Crippen LogP contribution in [0.5, 0.6) is 0 Å². The van der Waals surface area contributed by atoms with Crippen LogP contribution >= 0.6 is 34.5 Å². The lowest BCUT2D eigenvalue weighted by molar-refractivity contribution is 0.543. The molecule has 3 heterocycles. The molecule has 144 valence electrons. The third-order valence-electron chi connectivity index (χ3n) is 4.29. The van der Waals surface area contributed by atoms with Crippen molar-refractivity contribution in [1.82, 2.24) is 29.8 Å². The number of nitrogens with zero attached hydrogens (tertiary/aromatic N) is 6. The second kappa shape index (κ2) is 7.90. The van der Waals surface area contributed by atoms with Crippen molar-refractivity contribution >= 4 is 45.5 Å². The highest BCUT2D eigenvalue weighted by Gasteiger charge is 2.16. The molecule has 1 unspecified atom stereocenters. The van der Waals surface area contributed by atoms with Crippen LogP contribution in [0, 0.1) is 6.92 Å². The van der Waals surface area contributed by atoms with E-state index in [0.717, 1.165) is 16.3 Å². The van der Waals surface area contributed by atoms with Crippen LogP contribution in [-0.2, 0) is 6.54 Å². The first-order valence-electron chi connectivity index (χ1n) is 8.58. The lowest BCUT2D eigenvalue weighted by atomic mass is 10.2. The summed E-state index contributed by atoms with van der Waals surface area (Å²) in [6, 6.07) is 9.31. The highest BCUT2D eigenvalue weighted by atomic mass is 35.5. The topological polar surface area (TPSA) is 73.5 Å². The Balaban J connectivity index is 1.46. The summed E-state index contributed by atoms with van der Waals surface area (Å²) in [7, 11) is 0. The molecule has 1 N–H and O–H groups in total. The molecule has 28 heavy (non-hydrogen) atoms. The van der Waals surface area contributed by atoms with Crippen molar-refractivity contribution in [3.8, 4) is 0 Å². The average molecular weight is 434 g/mol. The summed E-state index contributed by atoms with van der Waals surface area (Å²) in [5, 5.41) is 23.3. The van der Waals surface area contributed by atoms with Crippen LogP contribution in [0.15, 0.2) is 42.7 Å². The number of aryl methyl sites for hydroxylation is 1. The second-order valence-electron chi connectivity index (χ2n) is 6.26. The monoisotopic (exact) mass is 433 g/mol. The fraction of sp³-hybridized carbons (Fsp3) is 0.222. The van der Waals surface area contributed by atoms with Crippen molar-refractivity contribution in [2.75, 3.05) is 5.32 Å². The van der Waals surface area contributed by atoms with E-state index in [1.807, 2.05) is 55.1 Å². The summed E-state index contributed by atoms with van der Waals surface area (Å²) in [6.07, 6.45) is 3.64. The minimum absolute atomic E-state index is 0.0166. The minimum atomic E-state index is 0.0166. The first-order valence-corrected chi connectivity index (χ1v) is 10.2. The Bertz CT molecular complexity index is 1080. The molecule has 4 rings (SSSR count). The van der Waals surface area contributed by atoms with Crippen LogP contribution in [0.4, 0.5) is 10.9 Å². The maximum absolute atomic E-state index is 6.24. The molecule has 4 aromatic rings. The number of halogens is 2. The predicted octanol–water partition coefficient (Wildman–Crippen LogP) is 4.95. The van der Waals surface area contributed by atoms with Gasteiger partial charge in [-0.05, 0) is 32.0 Å². The molecule has 0 aliphatic rings. The van der Waals surface area contributed by atoms with E-state index in [9.17, 15) is 0 Å². The Morgan fingerprint density at radius 1 is 1.14 bits per heavy atom. The van der Waals surface area contributed by atoms with E-state index in [0.29, 0.717) is 27.5 Å². The molecule has 0 fully saturated rings. The Morgan fingerprint density at radius 3 is 2.64 bits per heavy atom. The van der Waals surface area contributed by atoms with Crippen LogP contribution in [0.1, 0.15) is 29.2 Å². The number of anilines is 2. The Kier molecular flexibility index (Phi) is 5.34. The summed E-state index contributed by atoms with van der Waals surface area (Å²) < 4.78 is 3.69. The summed E-state index contributed by atoms with van der Waals surface area (Å²) >= 11 is 13.9. The first kappa shape index (κ1) is 18.9.